The van der Waals surface area contributed by atoms with E-state index < -0.39 is 17.5 Å². The maximum Gasteiger partial charge on any atom is 0.310 e. The standard InChI is InChI=1S/C19H19F2N3O4S/c1-2-28-18(27)11-4-3-5-24(9-11)17(26)15-10-29-19(22-15)23-16(25)12-6-13(20)8-14(21)7-12/h6-8,10-11H,2-5,9H2,1H3,(H,22,23,25)/t11-/m0/s1. The largest absolute Gasteiger partial charge is 0.466 e. The summed E-state index contributed by atoms with van der Waals surface area (Å²) in [6.45, 7) is 2.76. The molecule has 0 saturated carbocycles. The van der Waals surface area contributed by atoms with Gasteiger partial charge in [0.25, 0.3) is 11.8 Å². The number of amides is 2. The predicted molar refractivity (Wildman–Crippen MR) is 102 cm³/mol. The van der Waals surface area contributed by atoms with Crippen molar-refractivity contribution < 1.29 is 27.9 Å². The first-order valence-corrected chi connectivity index (χ1v) is 9.94. The second-order valence-electron chi connectivity index (χ2n) is 6.49. The summed E-state index contributed by atoms with van der Waals surface area (Å²) in [6, 6.07) is 2.47. The fourth-order valence-electron chi connectivity index (χ4n) is 3.06. The molecule has 7 nitrogen and oxygen atoms in total. The number of esters is 1. The van der Waals surface area contributed by atoms with Crippen LogP contribution in [0.4, 0.5) is 13.9 Å². The highest BCUT2D eigenvalue weighted by Crippen LogP contribution is 2.22. The molecular weight excluding hydrogens is 404 g/mol. The van der Waals surface area contributed by atoms with Crippen LogP contribution in [0, 0.1) is 17.6 Å². The Kier molecular flexibility index (Phi) is 6.53. The maximum absolute atomic E-state index is 13.3. The number of nitrogens with one attached hydrogen (secondary N) is 1. The number of carbonyl (C=O) groups is 3. The molecule has 1 aromatic carbocycles. The highest BCUT2D eigenvalue weighted by Gasteiger charge is 2.30. The Morgan fingerprint density at radius 1 is 1.28 bits per heavy atom. The van der Waals surface area contributed by atoms with Crippen LogP contribution in [0.1, 0.15) is 40.6 Å². The minimum absolute atomic E-state index is 0.125. The number of rotatable bonds is 5. The van der Waals surface area contributed by atoms with Crippen molar-refractivity contribution in [3.63, 3.8) is 0 Å². The van der Waals surface area contributed by atoms with Gasteiger partial charge < -0.3 is 9.64 Å². The van der Waals surface area contributed by atoms with Crippen molar-refractivity contribution in [2.24, 2.45) is 5.92 Å². The summed E-state index contributed by atoms with van der Waals surface area (Å²) in [5.74, 6) is -3.52. The molecule has 1 aromatic heterocycles. The van der Waals surface area contributed by atoms with Crippen molar-refractivity contribution in [2.75, 3.05) is 25.0 Å². The Morgan fingerprint density at radius 2 is 2.00 bits per heavy atom. The predicted octanol–water partition coefficient (Wildman–Crippen LogP) is 3.09. The van der Waals surface area contributed by atoms with Crippen molar-refractivity contribution in [1.29, 1.82) is 0 Å². The van der Waals surface area contributed by atoms with Crippen LogP contribution in [-0.2, 0) is 9.53 Å². The number of carbonyl (C=O) groups excluding carboxylic acids is 3. The zero-order chi connectivity index (χ0) is 21.0. The monoisotopic (exact) mass is 423 g/mol. The molecule has 1 aliphatic rings. The molecule has 0 radical (unpaired) electrons. The minimum Gasteiger partial charge on any atom is -0.466 e. The number of anilines is 1. The molecule has 3 rings (SSSR count). The third-order valence-corrected chi connectivity index (χ3v) is 5.15. The van der Waals surface area contributed by atoms with Gasteiger partial charge in [-0.3, -0.25) is 19.7 Å². The lowest BCUT2D eigenvalue weighted by molar-refractivity contribution is -0.149. The topological polar surface area (TPSA) is 88.6 Å². The lowest BCUT2D eigenvalue weighted by Crippen LogP contribution is -2.43. The lowest BCUT2D eigenvalue weighted by atomic mass is 9.98. The molecule has 1 N–H and O–H groups in total. The summed E-state index contributed by atoms with van der Waals surface area (Å²) >= 11 is 1.02. The maximum atomic E-state index is 13.3. The van der Waals surface area contributed by atoms with E-state index in [0.29, 0.717) is 25.5 Å². The summed E-state index contributed by atoms with van der Waals surface area (Å²) in [6.07, 6.45) is 1.33. The molecular formula is C19H19F2N3O4S. The van der Waals surface area contributed by atoms with Crippen LogP contribution in [0.2, 0.25) is 0 Å². The molecule has 1 aliphatic heterocycles. The number of likely N-dealkylation sites (tertiary alicyclic amines) is 1. The molecule has 10 heteroatoms. The highest BCUT2D eigenvalue weighted by molar-refractivity contribution is 7.14. The van der Waals surface area contributed by atoms with Crippen LogP contribution in [0.3, 0.4) is 0 Å². The Balaban J connectivity index is 1.65. The Labute approximate surface area is 169 Å². The average Bonchev–Trinajstić information content (AvgIpc) is 3.15. The van der Waals surface area contributed by atoms with Gasteiger partial charge in [0, 0.05) is 30.1 Å². The quantitative estimate of drug-likeness (QED) is 0.747. The third kappa shape index (κ3) is 5.14. The van der Waals surface area contributed by atoms with Gasteiger partial charge in [-0.2, -0.15) is 0 Å². The first kappa shape index (κ1) is 20.8. The van der Waals surface area contributed by atoms with Gasteiger partial charge in [-0.15, -0.1) is 11.3 Å². The fraction of sp³-hybridized carbons (Fsp3) is 0.368. The second-order valence-corrected chi connectivity index (χ2v) is 7.35. The van der Waals surface area contributed by atoms with Crippen LogP contribution >= 0.6 is 11.3 Å². The SMILES string of the molecule is CCOC(=O)[C@H]1CCCN(C(=O)c2csc(NC(=O)c3cc(F)cc(F)c3)n2)C1. The van der Waals surface area contributed by atoms with Crippen molar-refractivity contribution >= 4 is 34.3 Å². The fourth-order valence-corrected chi connectivity index (χ4v) is 3.74. The van der Waals surface area contributed by atoms with Gasteiger partial charge in [0.15, 0.2) is 5.13 Å². The summed E-state index contributed by atoms with van der Waals surface area (Å²) in [4.78, 5) is 42.4. The van der Waals surface area contributed by atoms with Crippen LogP contribution < -0.4 is 5.32 Å². The van der Waals surface area contributed by atoms with Crippen LogP contribution in [-0.4, -0.2) is 47.4 Å². The molecule has 1 atom stereocenters. The lowest BCUT2D eigenvalue weighted by Gasteiger charge is -2.31. The molecule has 0 bridgehead atoms. The van der Waals surface area contributed by atoms with Gasteiger partial charge in [0.2, 0.25) is 0 Å². The molecule has 2 heterocycles. The molecule has 0 unspecified atom stereocenters. The molecule has 0 aliphatic carbocycles. The van der Waals surface area contributed by atoms with Crippen LogP contribution in [0.5, 0.6) is 0 Å². The molecule has 1 saturated heterocycles. The van der Waals surface area contributed by atoms with Crippen molar-refractivity contribution in [1.82, 2.24) is 9.88 Å². The van der Waals surface area contributed by atoms with E-state index in [4.69, 9.17) is 4.74 Å². The van der Waals surface area contributed by atoms with Crippen LogP contribution in [0.15, 0.2) is 23.6 Å². The number of benzene rings is 1. The normalized spacial score (nSPS) is 16.4. The second kappa shape index (κ2) is 9.08. The van der Waals surface area contributed by atoms with Gasteiger partial charge in [-0.1, -0.05) is 0 Å². The van der Waals surface area contributed by atoms with E-state index in [0.717, 1.165) is 23.5 Å². The van der Waals surface area contributed by atoms with E-state index >= 15 is 0 Å². The van der Waals surface area contributed by atoms with Crippen LogP contribution in [0.25, 0.3) is 0 Å². The number of hydrogen-bond donors (Lipinski definition) is 1. The van der Waals surface area contributed by atoms with Crippen molar-refractivity contribution in [3.8, 4) is 0 Å². The van der Waals surface area contributed by atoms with Gasteiger partial charge in [0.05, 0.1) is 12.5 Å². The van der Waals surface area contributed by atoms with Gasteiger partial charge in [0.1, 0.15) is 17.3 Å². The Bertz CT molecular complexity index is 914. The molecule has 1 fully saturated rings. The van der Waals surface area contributed by atoms with E-state index in [1.54, 1.807) is 6.92 Å². The Morgan fingerprint density at radius 3 is 2.69 bits per heavy atom. The molecule has 0 spiro atoms. The molecule has 2 aromatic rings. The summed E-state index contributed by atoms with van der Waals surface area (Å²) in [5, 5.41) is 4.04. The molecule has 2 amide bonds. The third-order valence-electron chi connectivity index (χ3n) is 4.40. The zero-order valence-electron chi connectivity index (χ0n) is 15.6. The number of nitrogens with zero attached hydrogens (tertiary/aromatic N) is 2. The highest BCUT2D eigenvalue weighted by atomic mass is 32.1. The van der Waals surface area contributed by atoms with E-state index in [-0.39, 0.29) is 47.3 Å². The smallest absolute Gasteiger partial charge is 0.310 e. The minimum atomic E-state index is -0.869. The summed E-state index contributed by atoms with van der Waals surface area (Å²) < 4.78 is 31.6. The van der Waals surface area contributed by atoms with Gasteiger partial charge in [-0.05, 0) is 31.9 Å². The van der Waals surface area contributed by atoms with E-state index in [9.17, 15) is 23.2 Å². The first-order chi connectivity index (χ1) is 13.9. The van der Waals surface area contributed by atoms with E-state index in [1.807, 2.05) is 0 Å². The zero-order valence-corrected chi connectivity index (χ0v) is 16.4. The van der Waals surface area contributed by atoms with Gasteiger partial charge >= 0.3 is 5.97 Å². The summed E-state index contributed by atoms with van der Waals surface area (Å²) in [5.41, 5.74) is -0.0703. The number of ether oxygens (including phenoxy) is 1. The number of aromatic nitrogens is 1. The number of piperidine rings is 1. The van der Waals surface area contributed by atoms with Crippen molar-refractivity contribution in [3.05, 3.63) is 46.5 Å². The van der Waals surface area contributed by atoms with Gasteiger partial charge in [-0.25, -0.2) is 13.8 Å². The molecule has 154 valence electrons. The number of halogens is 2. The van der Waals surface area contributed by atoms with Crippen molar-refractivity contribution in [2.45, 2.75) is 19.8 Å². The first-order valence-electron chi connectivity index (χ1n) is 9.06. The van der Waals surface area contributed by atoms with E-state index in [2.05, 4.69) is 10.3 Å². The Hall–Kier alpha value is -2.88. The number of hydrogen-bond acceptors (Lipinski definition) is 6. The average molecular weight is 423 g/mol. The summed E-state index contributed by atoms with van der Waals surface area (Å²) in [7, 11) is 0. The van der Waals surface area contributed by atoms with E-state index in [1.165, 1.54) is 10.3 Å². The molecule has 29 heavy (non-hydrogen) atoms. The number of thiazole rings is 1.